The van der Waals surface area contributed by atoms with Crippen molar-refractivity contribution in [2.75, 3.05) is 24.7 Å². The molecule has 150 valence electrons. The summed E-state index contributed by atoms with van der Waals surface area (Å²) in [4.78, 5) is 31.5. The molecule has 1 heterocycles. The van der Waals surface area contributed by atoms with E-state index in [4.69, 9.17) is 14.3 Å². The molecule has 1 N–H and O–H groups in total. The number of fused-ring (bicyclic) bond motifs is 1. The first kappa shape index (κ1) is 21.4. The van der Waals surface area contributed by atoms with Crippen molar-refractivity contribution < 1.29 is 29.0 Å². The summed E-state index contributed by atoms with van der Waals surface area (Å²) in [5.74, 6) is 3.80. The van der Waals surface area contributed by atoms with Crippen molar-refractivity contribution in [3.8, 4) is 11.8 Å². The molecule has 0 spiro atoms. The summed E-state index contributed by atoms with van der Waals surface area (Å²) in [5.41, 5.74) is 1.05. The molecule has 1 atom stereocenters. The molecule has 8 nitrogen and oxygen atoms in total. The van der Waals surface area contributed by atoms with E-state index in [0.717, 1.165) is 0 Å². The number of carboxylic acids is 1. The molecule has 0 radical (unpaired) electrons. The first-order valence-corrected chi connectivity index (χ1v) is 8.92. The van der Waals surface area contributed by atoms with Gasteiger partial charge in [-0.3, -0.25) is 9.69 Å². The summed E-state index contributed by atoms with van der Waals surface area (Å²) in [6.07, 6.45) is 0.299. The first-order valence-electron chi connectivity index (χ1n) is 8.92. The number of aliphatic carboxylic acids is 1. The fourth-order valence-corrected chi connectivity index (χ4v) is 2.58. The standard InChI is InChI=1S/C20H24N2O6/c1-4-9-19(27-6-3)28-22-12-15-10-7-8-11-16(15)21(13-17(22)20(24)25)18(23)14-26-5-2/h7-8,10-11,13,19H,5-6,12,14H2,1-3H3,(H,24,25). The van der Waals surface area contributed by atoms with Gasteiger partial charge in [-0.15, -0.1) is 5.92 Å². The van der Waals surface area contributed by atoms with Crippen LogP contribution in [0.25, 0.3) is 0 Å². The van der Waals surface area contributed by atoms with Crippen molar-refractivity contribution in [1.29, 1.82) is 0 Å². The summed E-state index contributed by atoms with van der Waals surface area (Å²) >= 11 is 0. The summed E-state index contributed by atoms with van der Waals surface area (Å²) in [6.45, 7) is 5.84. The Morgan fingerprint density at radius 1 is 1.25 bits per heavy atom. The number of hydrogen-bond acceptors (Lipinski definition) is 6. The lowest BCUT2D eigenvalue weighted by atomic mass is 10.1. The van der Waals surface area contributed by atoms with Crippen molar-refractivity contribution in [1.82, 2.24) is 5.06 Å². The van der Waals surface area contributed by atoms with Crippen LogP contribution in [0.5, 0.6) is 0 Å². The Hall–Kier alpha value is -2.86. The number of hydroxylamine groups is 2. The smallest absolute Gasteiger partial charge is 0.356 e. The second-order valence-corrected chi connectivity index (χ2v) is 5.67. The summed E-state index contributed by atoms with van der Waals surface area (Å²) < 4.78 is 10.6. The van der Waals surface area contributed by atoms with Crippen LogP contribution in [0.15, 0.2) is 36.2 Å². The molecule has 0 saturated carbocycles. The number of para-hydroxylation sites is 1. The Balaban J connectivity index is 2.46. The monoisotopic (exact) mass is 388 g/mol. The summed E-state index contributed by atoms with van der Waals surface area (Å²) in [7, 11) is 0. The number of nitrogens with zero attached hydrogens (tertiary/aromatic N) is 2. The van der Waals surface area contributed by atoms with E-state index in [1.165, 1.54) is 16.2 Å². The minimum absolute atomic E-state index is 0.0989. The van der Waals surface area contributed by atoms with Gasteiger partial charge in [-0.25, -0.2) is 14.7 Å². The normalized spacial score (nSPS) is 14.3. The molecular formula is C20H24N2O6. The van der Waals surface area contributed by atoms with Crippen molar-refractivity contribution in [2.24, 2.45) is 0 Å². The number of carbonyl (C=O) groups excluding carboxylic acids is 1. The predicted octanol–water partition coefficient (Wildman–Crippen LogP) is 2.12. The highest BCUT2D eigenvalue weighted by molar-refractivity contribution is 5.99. The van der Waals surface area contributed by atoms with Gasteiger partial charge < -0.3 is 14.6 Å². The van der Waals surface area contributed by atoms with Crippen LogP contribution in [0, 0.1) is 11.8 Å². The highest BCUT2D eigenvalue weighted by atomic mass is 16.8. The fraction of sp³-hybridized carbons (Fsp3) is 0.400. The minimum Gasteiger partial charge on any atom is -0.476 e. The molecule has 2 rings (SSSR count). The maximum atomic E-state index is 12.6. The highest BCUT2D eigenvalue weighted by Crippen LogP contribution is 2.29. The highest BCUT2D eigenvalue weighted by Gasteiger charge is 2.30. The van der Waals surface area contributed by atoms with E-state index in [2.05, 4.69) is 11.8 Å². The second kappa shape index (κ2) is 10.5. The number of carboxylic acid groups (broad SMARTS) is 1. The molecule has 28 heavy (non-hydrogen) atoms. The van der Waals surface area contributed by atoms with Gasteiger partial charge in [0.05, 0.1) is 12.2 Å². The molecule has 1 aliphatic heterocycles. The topological polar surface area (TPSA) is 88.5 Å². The molecule has 0 aliphatic carbocycles. The van der Waals surface area contributed by atoms with Gasteiger partial charge in [0.25, 0.3) is 5.91 Å². The van der Waals surface area contributed by atoms with Crippen molar-refractivity contribution in [3.63, 3.8) is 0 Å². The van der Waals surface area contributed by atoms with E-state index < -0.39 is 12.3 Å². The minimum atomic E-state index is -1.25. The molecule has 0 aromatic heterocycles. The van der Waals surface area contributed by atoms with Gasteiger partial charge in [-0.1, -0.05) is 18.2 Å². The Kier molecular flexibility index (Phi) is 8.02. The SMILES string of the molecule is CC#CC(OCC)ON1Cc2ccccc2N(C(=O)COCC)C=C1C(=O)O. The third kappa shape index (κ3) is 5.33. The third-order valence-electron chi connectivity index (χ3n) is 3.81. The van der Waals surface area contributed by atoms with E-state index in [0.29, 0.717) is 24.5 Å². The van der Waals surface area contributed by atoms with Gasteiger partial charge in [0.15, 0.2) is 5.70 Å². The quantitative estimate of drug-likeness (QED) is 0.539. The predicted molar refractivity (Wildman–Crippen MR) is 102 cm³/mol. The van der Waals surface area contributed by atoms with Gasteiger partial charge >= 0.3 is 5.97 Å². The number of benzene rings is 1. The molecule has 1 unspecified atom stereocenters. The molecule has 0 saturated heterocycles. The zero-order valence-corrected chi connectivity index (χ0v) is 16.2. The Bertz CT molecular complexity index is 795. The largest absolute Gasteiger partial charge is 0.476 e. The average molecular weight is 388 g/mol. The van der Waals surface area contributed by atoms with Crippen LogP contribution in [0.2, 0.25) is 0 Å². The second-order valence-electron chi connectivity index (χ2n) is 5.67. The van der Waals surface area contributed by atoms with Gasteiger partial charge in [0, 0.05) is 19.4 Å². The van der Waals surface area contributed by atoms with Gasteiger partial charge in [0.2, 0.25) is 6.29 Å². The van der Waals surface area contributed by atoms with E-state index in [-0.39, 0.29) is 24.8 Å². The lowest BCUT2D eigenvalue weighted by molar-refractivity contribution is -0.245. The van der Waals surface area contributed by atoms with Crippen LogP contribution in [-0.2, 0) is 30.4 Å². The third-order valence-corrected chi connectivity index (χ3v) is 3.81. The molecule has 1 aliphatic rings. The molecule has 1 aromatic carbocycles. The van der Waals surface area contributed by atoms with Crippen molar-refractivity contribution in [3.05, 3.63) is 41.7 Å². The Morgan fingerprint density at radius 3 is 2.64 bits per heavy atom. The zero-order chi connectivity index (χ0) is 20.5. The van der Waals surface area contributed by atoms with E-state index in [9.17, 15) is 14.7 Å². The molecule has 0 bridgehead atoms. The summed E-state index contributed by atoms with van der Waals surface area (Å²) in [6, 6.07) is 7.12. The van der Waals surface area contributed by atoms with E-state index in [1.807, 2.05) is 0 Å². The number of hydrogen-bond donors (Lipinski definition) is 1. The van der Waals surface area contributed by atoms with Crippen LogP contribution in [0.1, 0.15) is 26.3 Å². The summed E-state index contributed by atoms with van der Waals surface area (Å²) in [5, 5.41) is 10.9. The van der Waals surface area contributed by atoms with Crippen LogP contribution in [0.4, 0.5) is 5.69 Å². The average Bonchev–Trinajstić information content (AvgIpc) is 2.83. The lowest BCUT2D eigenvalue weighted by Crippen LogP contribution is -2.34. The Labute approximate surface area is 164 Å². The van der Waals surface area contributed by atoms with E-state index in [1.54, 1.807) is 45.0 Å². The zero-order valence-electron chi connectivity index (χ0n) is 16.2. The Morgan fingerprint density at radius 2 is 2.00 bits per heavy atom. The van der Waals surface area contributed by atoms with Crippen LogP contribution < -0.4 is 4.90 Å². The maximum absolute atomic E-state index is 12.6. The van der Waals surface area contributed by atoms with Gasteiger partial charge in [-0.05, 0) is 38.3 Å². The van der Waals surface area contributed by atoms with Crippen molar-refractivity contribution >= 4 is 17.6 Å². The molecule has 0 fully saturated rings. The van der Waals surface area contributed by atoms with Crippen molar-refractivity contribution in [2.45, 2.75) is 33.6 Å². The van der Waals surface area contributed by atoms with Crippen LogP contribution >= 0.6 is 0 Å². The molecule has 8 heteroatoms. The maximum Gasteiger partial charge on any atom is 0.356 e. The number of anilines is 1. The molecule has 1 aromatic rings. The first-order chi connectivity index (χ1) is 13.5. The van der Waals surface area contributed by atoms with Crippen LogP contribution in [-0.4, -0.2) is 48.2 Å². The number of carbonyl (C=O) groups is 2. The number of rotatable bonds is 8. The van der Waals surface area contributed by atoms with Gasteiger partial charge in [-0.2, -0.15) is 0 Å². The van der Waals surface area contributed by atoms with Crippen LogP contribution in [0.3, 0.4) is 0 Å². The van der Waals surface area contributed by atoms with Gasteiger partial charge in [0.1, 0.15) is 6.61 Å². The molecule has 1 amide bonds. The number of amides is 1. The number of ether oxygens (including phenoxy) is 2. The fourth-order valence-electron chi connectivity index (χ4n) is 2.58. The van der Waals surface area contributed by atoms with E-state index >= 15 is 0 Å². The lowest BCUT2D eigenvalue weighted by Gasteiger charge is -2.25. The molecular weight excluding hydrogens is 364 g/mol.